The first-order valence-corrected chi connectivity index (χ1v) is 18.9. The lowest BCUT2D eigenvalue weighted by atomic mass is 10.0. The molecular weight excluding hydrogens is 656 g/mol. The van der Waals surface area contributed by atoms with Gasteiger partial charge in [-0.1, -0.05) is 6.42 Å². The van der Waals surface area contributed by atoms with E-state index in [2.05, 4.69) is 21.3 Å². The average molecular weight is 705 g/mol. The summed E-state index contributed by atoms with van der Waals surface area (Å²) in [5, 5.41) is 12.5. The lowest BCUT2D eigenvalue weighted by molar-refractivity contribution is -0.909. The highest BCUT2D eigenvalue weighted by Gasteiger charge is 2.42. The van der Waals surface area contributed by atoms with E-state index < -0.39 is 33.7 Å². The summed E-state index contributed by atoms with van der Waals surface area (Å²) in [5.74, 6) is -1.74. The van der Waals surface area contributed by atoms with Crippen molar-refractivity contribution >= 4 is 57.5 Å². The third kappa shape index (κ3) is 14.0. The van der Waals surface area contributed by atoms with Gasteiger partial charge in [-0.2, -0.15) is 11.8 Å². The fourth-order valence-electron chi connectivity index (χ4n) is 5.99. The highest BCUT2D eigenvalue weighted by atomic mass is 32.2. The molecule has 47 heavy (non-hydrogen) atoms. The molecule has 0 saturated carbocycles. The summed E-state index contributed by atoms with van der Waals surface area (Å²) in [5.41, 5.74) is 0. The average Bonchev–Trinajstić information content (AvgIpc) is 3.65. The van der Waals surface area contributed by atoms with Crippen LogP contribution < -0.4 is 21.3 Å². The molecular formula is C29H48N6O10S2. The zero-order valence-electron chi connectivity index (χ0n) is 27.0. The highest BCUT2D eigenvalue weighted by Crippen LogP contribution is 2.33. The maximum absolute atomic E-state index is 12.4. The molecule has 0 aromatic heterocycles. The standard InChI is InChI=1S/C29H48N6O10S2/c1-35(18-7-19-47(42,43)44,17-6-15-31-24(37)10-4-11-27(40)45-34-25(38)12-13-26(34)39)16-5-14-30-23(36)9-3-2-8-22-28-21(20-46-22)32-29(41)33-28/h21-22,28H,2-20H2,1H3,(H4-,30,31,32,33,36,37,41,42,43,44). The molecule has 3 aliphatic heterocycles. The zero-order valence-corrected chi connectivity index (χ0v) is 28.6. The minimum atomic E-state index is -4.34. The van der Waals surface area contributed by atoms with Crippen molar-refractivity contribution in [3.8, 4) is 0 Å². The Morgan fingerprint density at radius 3 is 2.11 bits per heavy atom. The Morgan fingerprint density at radius 2 is 1.49 bits per heavy atom. The maximum atomic E-state index is 12.4. The lowest BCUT2D eigenvalue weighted by Crippen LogP contribution is -2.48. The number of hydrogen-bond acceptors (Lipinski definition) is 11. The summed E-state index contributed by atoms with van der Waals surface area (Å²) >= 11 is 1.85. The molecule has 3 heterocycles. The number of nitrogens with zero attached hydrogens (tertiary/aromatic N) is 2. The van der Waals surface area contributed by atoms with Gasteiger partial charge in [0.25, 0.3) is 11.8 Å². The molecule has 3 saturated heterocycles. The number of amides is 6. The number of unbranched alkanes of at least 4 members (excludes halogenated alkanes) is 1. The van der Waals surface area contributed by atoms with Crippen molar-refractivity contribution < 1.29 is 51.1 Å². The number of hydrogen-bond donors (Lipinski definition) is 4. The zero-order chi connectivity index (χ0) is 34.5. The number of hydroxylamine groups is 2. The molecule has 3 rings (SSSR count). The van der Waals surface area contributed by atoms with Crippen molar-refractivity contribution in [2.75, 3.05) is 51.3 Å². The van der Waals surface area contributed by atoms with E-state index >= 15 is 0 Å². The van der Waals surface area contributed by atoms with Gasteiger partial charge in [0.05, 0.1) is 48.9 Å². The second-order valence-corrected chi connectivity index (χ2v) is 15.4. The molecule has 3 fully saturated rings. The second kappa shape index (κ2) is 18.5. The van der Waals surface area contributed by atoms with E-state index in [1.54, 1.807) is 0 Å². The third-order valence-electron chi connectivity index (χ3n) is 8.55. The number of thioether (sulfide) groups is 1. The quantitative estimate of drug-likeness (QED) is 0.0383. The Morgan fingerprint density at radius 1 is 0.894 bits per heavy atom. The Kier molecular flexibility index (Phi) is 15.2. The smallest absolute Gasteiger partial charge is 0.333 e. The van der Waals surface area contributed by atoms with Crippen LogP contribution in [-0.2, 0) is 38.9 Å². The van der Waals surface area contributed by atoms with Crippen LogP contribution in [0.15, 0.2) is 0 Å². The Labute approximate surface area is 280 Å². The van der Waals surface area contributed by atoms with E-state index in [0.29, 0.717) is 66.8 Å². The first kappa shape index (κ1) is 38.5. The van der Waals surface area contributed by atoms with Gasteiger partial charge in [0.15, 0.2) is 0 Å². The van der Waals surface area contributed by atoms with Crippen molar-refractivity contribution in [1.29, 1.82) is 0 Å². The predicted molar refractivity (Wildman–Crippen MR) is 170 cm³/mol. The van der Waals surface area contributed by atoms with E-state index in [0.717, 1.165) is 25.0 Å². The molecule has 0 aromatic carbocycles. The van der Waals surface area contributed by atoms with Gasteiger partial charge in [-0.25, -0.2) is 18.0 Å². The highest BCUT2D eigenvalue weighted by molar-refractivity contribution is 8.00. The topological polar surface area (TPSA) is 220 Å². The van der Waals surface area contributed by atoms with Crippen LogP contribution in [-0.4, -0.2) is 127 Å². The van der Waals surface area contributed by atoms with Crippen molar-refractivity contribution in [2.24, 2.45) is 0 Å². The number of fused-ring (bicyclic) bond motifs is 1. The molecule has 0 aliphatic carbocycles. The molecule has 0 bridgehead atoms. The lowest BCUT2D eigenvalue weighted by Gasteiger charge is -2.35. The first-order valence-electron chi connectivity index (χ1n) is 16.3. The summed E-state index contributed by atoms with van der Waals surface area (Å²) in [6.45, 7) is 2.51. The van der Waals surface area contributed by atoms with Crippen molar-refractivity contribution in [3.63, 3.8) is 0 Å². The summed E-state index contributed by atoms with van der Waals surface area (Å²) < 4.78 is 33.9. The van der Waals surface area contributed by atoms with E-state index in [-0.39, 0.29) is 68.5 Å². The molecule has 266 valence electrons. The van der Waals surface area contributed by atoms with Crippen LogP contribution in [0, 0.1) is 0 Å². The molecule has 16 nitrogen and oxygen atoms in total. The third-order valence-corrected chi connectivity index (χ3v) is 10.8. The number of urea groups is 1. The maximum Gasteiger partial charge on any atom is 0.333 e. The predicted octanol–water partition coefficient (Wildman–Crippen LogP) is -0.116. The fraction of sp³-hybridized carbons (Fsp3) is 0.793. The van der Waals surface area contributed by atoms with Crippen LogP contribution in [0.1, 0.15) is 77.0 Å². The van der Waals surface area contributed by atoms with Crippen LogP contribution in [0.5, 0.6) is 0 Å². The van der Waals surface area contributed by atoms with Gasteiger partial charge >= 0.3 is 12.0 Å². The molecule has 0 radical (unpaired) electrons. The summed E-state index contributed by atoms with van der Waals surface area (Å²) in [4.78, 5) is 75.8. The SMILES string of the molecule is C[N+](CCCNC(=O)CCCCC1SCC2NC(=O)NC21)(CCCNC(=O)CCCC(=O)ON1C(=O)CCC1=O)CCCS(=O)(=O)[O-]. The fourth-order valence-corrected chi connectivity index (χ4v) is 8.01. The molecule has 4 atom stereocenters. The molecule has 3 aliphatic rings. The largest absolute Gasteiger partial charge is 0.748 e. The van der Waals surface area contributed by atoms with E-state index in [9.17, 15) is 41.7 Å². The Bertz CT molecular complexity index is 1240. The minimum Gasteiger partial charge on any atom is -0.748 e. The summed E-state index contributed by atoms with van der Waals surface area (Å²) in [7, 11) is -2.38. The molecule has 18 heteroatoms. The van der Waals surface area contributed by atoms with Crippen LogP contribution in [0.4, 0.5) is 4.79 Å². The number of nitrogens with one attached hydrogen (secondary N) is 4. The first-order chi connectivity index (χ1) is 22.2. The van der Waals surface area contributed by atoms with Gasteiger partial charge in [-0.3, -0.25) is 19.2 Å². The van der Waals surface area contributed by atoms with Gasteiger partial charge in [-0.15, -0.1) is 5.06 Å². The van der Waals surface area contributed by atoms with Crippen molar-refractivity contribution in [3.05, 3.63) is 0 Å². The minimum absolute atomic E-state index is 0.00464. The van der Waals surface area contributed by atoms with E-state index in [4.69, 9.17) is 4.84 Å². The molecule has 0 spiro atoms. The van der Waals surface area contributed by atoms with Crippen molar-refractivity contribution in [2.45, 2.75) is 94.4 Å². The number of carbonyl (C=O) groups excluding carboxylic acids is 6. The number of rotatable bonds is 22. The molecule has 0 aromatic rings. The van der Waals surface area contributed by atoms with Gasteiger partial charge < -0.3 is 35.1 Å². The molecule has 6 amide bonds. The van der Waals surface area contributed by atoms with Crippen LogP contribution in [0.3, 0.4) is 0 Å². The van der Waals surface area contributed by atoms with Crippen LogP contribution in [0.25, 0.3) is 0 Å². The van der Waals surface area contributed by atoms with Gasteiger partial charge in [0.2, 0.25) is 11.8 Å². The van der Waals surface area contributed by atoms with Gasteiger partial charge in [-0.05, 0) is 19.3 Å². The monoisotopic (exact) mass is 704 g/mol. The number of carbonyl (C=O) groups is 6. The molecule has 4 unspecified atom stereocenters. The van der Waals surface area contributed by atoms with E-state index in [1.165, 1.54) is 0 Å². The normalized spacial score (nSPS) is 22.0. The Balaban J connectivity index is 1.28. The van der Waals surface area contributed by atoms with Crippen LogP contribution in [0.2, 0.25) is 0 Å². The second-order valence-electron chi connectivity index (χ2n) is 12.6. The summed E-state index contributed by atoms with van der Waals surface area (Å²) in [6.07, 6.45) is 4.57. The van der Waals surface area contributed by atoms with Gasteiger partial charge in [0, 0.05) is 81.2 Å². The van der Waals surface area contributed by atoms with Crippen LogP contribution >= 0.6 is 11.8 Å². The number of quaternary nitrogens is 1. The van der Waals surface area contributed by atoms with Gasteiger partial charge in [0.1, 0.15) is 0 Å². The van der Waals surface area contributed by atoms with E-state index in [1.807, 2.05) is 18.8 Å². The Hall–Kier alpha value is -2.96. The summed E-state index contributed by atoms with van der Waals surface area (Å²) in [6, 6.07) is 0.239. The number of imide groups is 1. The van der Waals surface area contributed by atoms with Crippen molar-refractivity contribution in [1.82, 2.24) is 26.3 Å². The molecule has 4 N–H and O–H groups in total.